The SMILES string of the molecule is Fc1ccccc1CNC1CCCCC1C1CCCN1. The van der Waals surface area contributed by atoms with Gasteiger partial charge in [0.1, 0.15) is 5.82 Å². The van der Waals surface area contributed by atoms with Gasteiger partial charge in [-0.1, -0.05) is 31.0 Å². The Kier molecular flexibility index (Phi) is 4.69. The molecular weight excluding hydrogens is 251 g/mol. The normalized spacial score (nSPS) is 30.6. The van der Waals surface area contributed by atoms with Gasteiger partial charge in [-0.15, -0.1) is 0 Å². The molecular formula is C17H25FN2. The van der Waals surface area contributed by atoms with Crippen molar-refractivity contribution in [3.63, 3.8) is 0 Å². The molecule has 3 rings (SSSR count). The Balaban J connectivity index is 1.60. The van der Waals surface area contributed by atoms with Gasteiger partial charge in [-0.3, -0.25) is 0 Å². The molecule has 2 aliphatic rings. The monoisotopic (exact) mass is 276 g/mol. The summed E-state index contributed by atoms with van der Waals surface area (Å²) in [5.74, 6) is 0.629. The second-order valence-electron chi connectivity index (χ2n) is 6.23. The predicted octanol–water partition coefficient (Wildman–Crippen LogP) is 3.23. The van der Waals surface area contributed by atoms with E-state index in [0.29, 0.717) is 18.6 Å². The Morgan fingerprint density at radius 3 is 2.75 bits per heavy atom. The summed E-state index contributed by atoms with van der Waals surface area (Å²) in [5.41, 5.74) is 0.788. The molecule has 2 nitrogen and oxygen atoms in total. The van der Waals surface area contributed by atoms with Crippen molar-refractivity contribution in [3.8, 4) is 0 Å². The van der Waals surface area contributed by atoms with E-state index in [-0.39, 0.29) is 5.82 Å². The van der Waals surface area contributed by atoms with Crippen LogP contribution in [0.3, 0.4) is 0 Å². The summed E-state index contributed by atoms with van der Waals surface area (Å²) in [6, 6.07) is 8.32. The molecule has 0 bridgehead atoms. The molecule has 0 amide bonds. The minimum atomic E-state index is -0.0913. The van der Waals surface area contributed by atoms with Crippen LogP contribution in [-0.4, -0.2) is 18.6 Å². The van der Waals surface area contributed by atoms with Gasteiger partial charge in [0.15, 0.2) is 0 Å². The maximum absolute atomic E-state index is 13.7. The lowest BCUT2D eigenvalue weighted by atomic mass is 9.79. The molecule has 1 aromatic carbocycles. The molecule has 0 radical (unpaired) electrons. The van der Waals surface area contributed by atoms with E-state index in [1.165, 1.54) is 45.1 Å². The topological polar surface area (TPSA) is 24.1 Å². The van der Waals surface area contributed by atoms with Crippen molar-refractivity contribution in [2.75, 3.05) is 6.54 Å². The minimum Gasteiger partial charge on any atom is -0.314 e. The molecule has 2 N–H and O–H groups in total. The molecule has 2 fully saturated rings. The summed E-state index contributed by atoms with van der Waals surface area (Å²) in [5, 5.41) is 7.28. The van der Waals surface area contributed by atoms with E-state index in [0.717, 1.165) is 11.5 Å². The van der Waals surface area contributed by atoms with Crippen LogP contribution in [0.15, 0.2) is 24.3 Å². The van der Waals surface area contributed by atoms with Crippen LogP contribution in [0.4, 0.5) is 4.39 Å². The highest BCUT2D eigenvalue weighted by molar-refractivity contribution is 5.17. The third-order valence-electron chi connectivity index (χ3n) is 4.95. The van der Waals surface area contributed by atoms with Gasteiger partial charge >= 0.3 is 0 Å². The molecule has 110 valence electrons. The first-order chi connectivity index (χ1) is 9.84. The summed E-state index contributed by atoms with van der Waals surface area (Å²) in [6.07, 6.45) is 7.81. The van der Waals surface area contributed by atoms with Crippen molar-refractivity contribution >= 4 is 0 Å². The molecule has 1 saturated heterocycles. The molecule has 1 aromatic rings. The maximum Gasteiger partial charge on any atom is 0.127 e. The van der Waals surface area contributed by atoms with Crippen LogP contribution in [0.25, 0.3) is 0 Å². The smallest absolute Gasteiger partial charge is 0.127 e. The number of halogens is 1. The lowest BCUT2D eigenvalue weighted by Gasteiger charge is -2.36. The number of hydrogen-bond acceptors (Lipinski definition) is 2. The van der Waals surface area contributed by atoms with Gasteiger partial charge in [-0.25, -0.2) is 4.39 Å². The quantitative estimate of drug-likeness (QED) is 0.882. The lowest BCUT2D eigenvalue weighted by molar-refractivity contribution is 0.213. The average Bonchev–Trinajstić information content (AvgIpc) is 3.01. The Labute approximate surface area is 121 Å². The van der Waals surface area contributed by atoms with E-state index in [2.05, 4.69) is 10.6 Å². The van der Waals surface area contributed by atoms with Crippen molar-refractivity contribution in [3.05, 3.63) is 35.6 Å². The van der Waals surface area contributed by atoms with Crippen molar-refractivity contribution < 1.29 is 4.39 Å². The van der Waals surface area contributed by atoms with Gasteiger partial charge < -0.3 is 10.6 Å². The largest absolute Gasteiger partial charge is 0.314 e. The second kappa shape index (κ2) is 6.68. The summed E-state index contributed by atoms with van der Waals surface area (Å²) in [7, 11) is 0. The Morgan fingerprint density at radius 1 is 1.10 bits per heavy atom. The Hall–Kier alpha value is -0.930. The van der Waals surface area contributed by atoms with Crippen LogP contribution >= 0.6 is 0 Å². The van der Waals surface area contributed by atoms with Gasteiger partial charge in [0.25, 0.3) is 0 Å². The van der Waals surface area contributed by atoms with E-state index in [1.54, 1.807) is 12.1 Å². The zero-order valence-electron chi connectivity index (χ0n) is 12.1. The highest BCUT2D eigenvalue weighted by Crippen LogP contribution is 2.30. The Morgan fingerprint density at radius 2 is 1.95 bits per heavy atom. The first-order valence-electron chi connectivity index (χ1n) is 8.05. The summed E-state index contributed by atoms with van der Waals surface area (Å²) in [4.78, 5) is 0. The molecule has 0 spiro atoms. The summed E-state index contributed by atoms with van der Waals surface area (Å²) < 4.78 is 13.7. The van der Waals surface area contributed by atoms with Crippen molar-refractivity contribution in [1.29, 1.82) is 0 Å². The van der Waals surface area contributed by atoms with Gasteiger partial charge in [0.2, 0.25) is 0 Å². The van der Waals surface area contributed by atoms with Crippen molar-refractivity contribution in [1.82, 2.24) is 10.6 Å². The van der Waals surface area contributed by atoms with Crippen LogP contribution in [0.1, 0.15) is 44.1 Å². The molecule has 3 heteroatoms. The van der Waals surface area contributed by atoms with Crippen LogP contribution in [0.2, 0.25) is 0 Å². The summed E-state index contributed by atoms with van der Waals surface area (Å²) >= 11 is 0. The third-order valence-corrected chi connectivity index (χ3v) is 4.95. The molecule has 1 heterocycles. The standard InChI is InChI=1S/C17H25FN2/c18-15-8-3-1-6-13(15)12-20-17-9-4-2-7-14(17)16-10-5-11-19-16/h1,3,6,8,14,16-17,19-20H,2,4-5,7,9-12H2. The van der Waals surface area contributed by atoms with Gasteiger partial charge in [-0.05, 0) is 44.2 Å². The maximum atomic E-state index is 13.7. The first-order valence-corrected chi connectivity index (χ1v) is 8.05. The van der Waals surface area contributed by atoms with Crippen LogP contribution in [0, 0.1) is 11.7 Å². The molecule has 1 aliphatic heterocycles. The van der Waals surface area contributed by atoms with Crippen LogP contribution in [-0.2, 0) is 6.54 Å². The van der Waals surface area contributed by atoms with Crippen molar-refractivity contribution in [2.45, 2.75) is 57.2 Å². The second-order valence-corrected chi connectivity index (χ2v) is 6.23. The molecule has 3 atom stereocenters. The fourth-order valence-electron chi connectivity index (χ4n) is 3.85. The van der Waals surface area contributed by atoms with Gasteiger partial charge in [0.05, 0.1) is 0 Å². The third kappa shape index (κ3) is 3.21. The van der Waals surface area contributed by atoms with Crippen molar-refractivity contribution in [2.24, 2.45) is 5.92 Å². The molecule has 3 unspecified atom stereocenters. The minimum absolute atomic E-state index is 0.0913. The highest BCUT2D eigenvalue weighted by Gasteiger charge is 2.32. The summed E-state index contributed by atoms with van der Waals surface area (Å²) in [6.45, 7) is 1.82. The first kappa shape index (κ1) is 14.0. The molecule has 1 saturated carbocycles. The van der Waals surface area contributed by atoms with E-state index < -0.39 is 0 Å². The van der Waals surface area contributed by atoms with E-state index in [9.17, 15) is 4.39 Å². The molecule has 1 aliphatic carbocycles. The number of benzene rings is 1. The van der Waals surface area contributed by atoms with Gasteiger partial charge in [0, 0.05) is 24.2 Å². The van der Waals surface area contributed by atoms with Gasteiger partial charge in [-0.2, -0.15) is 0 Å². The molecule has 0 aromatic heterocycles. The van der Waals surface area contributed by atoms with E-state index in [4.69, 9.17) is 0 Å². The number of nitrogens with one attached hydrogen (secondary N) is 2. The zero-order chi connectivity index (χ0) is 13.8. The fourth-order valence-corrected chi connectivity index (χ4v) is 3.85. The van der Waals surface area contributed by atoms with Crippen LogP contribution < -0.4 is 10.6 Å². The number of rotatable bonds is 4. The number of hydrogen-bond donors (Lipinski definition) is 2. The van der Waals surface area contributed by atoms with E-state index in [1.807, 2.05) is 12.1 Å². The average molecular weight is 276 g/mol. The fraction of sp³-hybridized carbons (Fsp3) is 0.647. The zero-order valence-corrected chi connectivity index (χ0v) is 12.1. The van der Waals surface area contributed by atoms with Crippen LogP contribution in [0.5, 0.6) is 0 Å². The molecule has 20 heavy (non-hydrogen) atoms. The predicted molar refractivity (Wildman–Crippen MR) is 80.0 cm³/mol. The van der Waals surface area contributed by atoms with E-state index >= 15 is 0 Å². The highest BCUT2D eigenvalue weighted by atomic mass is 19.1. The Bertz CT molecular complexity index is 429. The lowest BCUT2D eigenvalue weighted by Crippen LogP contribution is -2.46.